The number of nitrogen functional groups attached to an aromatic ring is 1. The topological polar surface area (TPSA) is 107 Å². The highest BCUT2D eigenvalue weighted by atomic mass is 16.5. The maximum absolute atomic E-state index is 11.9. The van der Waals surface area contributed by atoms with Gasteiger partial charge in [0, 0.05) is 31.2 Å². The van der Waals surface area contributed by atoms with E-state index < -0.39 is 0 Å². The van der Waals surface area contributed by atoms with Gasteiger partial charge in [-0.3, -0.25) is 0 Å². The van der Waals surface area contributed by atoms with Crippen LogP contribution in [0.5, 0.6) is 0 Å². The molecule has 0 bridgehead atoms. The summed E-state index contributed by atoms with van der Waals surface area (Å²) in [5, 5.41) is 5.93. The molecule has 2 amide bonds. The number of urea groups is 1. The highest BCUT2D eigenvalue weighted by Gasteiger charge is 2.15. The molecule has 2 aromatic heterocycles. The number of carbonyl (C=O) groups excluding carboxylic acids is 1. The number of aromatic nitrogens is 3. The molecule has 1 saturated carbocycles. The minimum Gasteiger partial charge on any atom is -0.382 e. The monoisotopic (exact) mass is 402 g/mol. The predicted molar refractivity (Wildman–Crippen MR) is 115 cm³/mol. The molecule has 0 unspecified atom stereocenters. The van der Waals surface area contributed by atoms with Crippen LogP contribution in [0.3, 0.4) is 0 Å². The number of ether oxygens (including phenoxy) is 1. The molecular formula is C21H34N6O2. The Morgan fingerprint density at radius 3 is 2.83 bits per heavy atom. The number of hydrogen-bond donors (Lipinski definition) is 3. The summed E-state index contributed by atoms with van der Waals surface area (Å²) in [4.78, 5) is 21.0. The van der Waals surface area contributed by atoms with Crippen LogP contribution < -0.4 is 16.4 Å². The van der Waals surface area contributed by atoms with Crippen molar-refractivity contribution in [3.63, 3.8) is 0 Å². The maximum atomic E-state index is 11.9. The van der Waals surface area contributed by atoms with Crippen LogP contribution in [0.2, 0.25) is 0 Å². The van der Waals surface area contributed by atoms with Crippen molar-refractivity contribution in [2.45, 2.75) is 71.4 Å². The maximum Gasteiger partial charge on any atom is 0.315 e. The van der Waals surface area contributed by atoms with E-state index in [0.29, 0.717) is 38.2 Å². The Bertz CT molecular complexity index is 813. The van der Waals surface area contributed by atoms with Gasteiger partial charge in [-0.25, -0.2) is 14.8 Å². The summed E-state index contributed by atoms with van der Waals surface area (Å²) in [5.41, 5.74) is 8.71. The first kappa shape index (κ1) is 21.4. The molecule has 2 aromatic rings. The van der Waals surface area contributed by atoms with Crippen molar-refractivity contribution in [1.29, 1.82) is 0 Å². The Balaban J connectivity index is 1.44. The standard InChI is InChI=1S/C21H34N6O2/c1-3-7-18-26-19-17(14-15(2)24-20(19)22)27(18)11-13-29-12-10-23-21(28)25-16-8-5-4-6-9-16/h14,16H,3-13H2,1-2H3,(H2,22,24)(H2,23,25,28). The average Bonchev–Trinajstić information content (AvgIpc) is 3.03. The van der Waals surface area contributed by atoms with Gasteiger partial charge in [-0.2, -0.15) is 0 Å². The number of hydrogen-bond acceptors (Lipinski definition) is 5. The molecule has 8 nitrogen and oxygen atoms in total. The van der Waals surface area contributed by atoms with Crippen LogP contribution in [0, 0.1) is 6.92 Å². The minimum absolute atomic E-state index is 0.0928. The number of imidazole rings is 1. The average molecular weight is 403 g/mol. The number of fused-ring (bicyclic) bond motifs is 1. The molecule has 4 N–H and O–H groups in total. The second-order valence-corrected chi connectivity index (χ2v) is 7.79. The Hall–Kier alpha value is -2.35. The molecule has 0 saturated heterocycles. The summed E-state index contributed by atoms with van der Waals surface area (Å²) in [6.45, 7) is 6.31. The Kier molecular flexibility index (Phi) is 7.69. The number of carbonyl (C=O) groups is 1. The molecule has 8 heteroatoms. The van der Waals surface area contributed by atoms with Gasteiger partial charge in [0.1, 0.15) is 11.3 Å². The number of rotatable bonds is 9. The summed E-state index contributed by atoms with van der Waals surface area (Å²) in [7, 11) is 0. The van der Waals surface area contributed by atoms with Crippen molar-refractivity contribution in [2.75, 3.05) is 25.5 Å². The molecule has 0 aliphatic heterocycles. The quantitative estimate of drug-likeness (QED) is 0.559. The van der Waals surface area contributed by atoms with Gasteiger partial charge in [-0.05, 0) is 32.3 Å². The SMILES string of the molecule is CCCc1nc2c(N)nc(C)cc2n1CCOCCNC(=O)NC1CCCCC1. The van der Waals surface area contributed by atoms with Crippen LogP contribution in [-0.4, -0.2) is 46.4 Å². The summed E-state index contributed by atoms with van der Waals surface area (Å²) >= 11 is 0. The lowest BCUT2D eigenvalue weighted by molar-refractivity contribution is 0.128. The molecular weight excluding hydrogens is 368 g/mol. The van der Waals surface area contributed by atoms with Gasteiger partial charge < -0.3 is 25.7 Å². The van der Waals surface area contributed by atoms with E-state index in [2.05, 4.69) is 27.1 Å². The van der Waals surface area contributed by atoms with Crippen molar-refractivity contribution < 1.29 is 9.53 Å². The predicted octanol–water partition coefficient (Wildman–Crippen LogP) is 2.92. The van der Waals surface area contributed by atoms with E-state index in [1.165, 1.54) is 19.3 Å². The van der Waals surface area contributed by atoms with E-state index >= 15 is 0 Å². The van der Waals surface area contributed by atoms with E-state index in [1.807, 2.05) is 13.0 Å². The van der Waals surface area contributed by atoms with Gasteiger partial charge in [0.25, 0.3) is 0 Å². The van der Waals surface area contributed by atoms with Crippen molar-refractivity contribution in [3.05, 3.63) is 17.6 Å². The smallest absolute Gasteiger partial charge is 0.315 e. The second-order valence-electron chi connectivity index (χ2n) is 7.79. The minimum atomic E-state index is -0.0928. The van der Waals surface area contributed by atoms with Gasteiger partial charge >= 0.3 is 6.03 Å². The molecule has 29 heavy (non-hydrogen) atoms. The molecule has 0 spiro atoms. The third-order valence-electron chi connectivity index (χ3n) is 5.38. The summed E-state index contributed by atoms with van der Waals surface area (Å²) in [6, 6.07) is 2.25. The molecule has 0 radical (unpaired) electrons. The molecule has 160 valence electrons. The first-order valence-corrected chi connectivity index (χ1v) is 10.8. The molecule has 1 aliphatic rings. The van der Waals surface area contributed by atoms with Crippen LogP contribution in [0.1, 0.15) is 57.0 Å². The number of anilines is 1. The molecule has 1 fully saturated rings. The lowest BCUT2D eigenvalue weighted by Crippen LogP contribution is -2.43. The molecule has 1 aliphatic carbocycles. The van der Waals surface area contributed by atoms with E-state index in [0.717, 1.165) is 48.2 Å². The van der Waals surface area contributed by atoms with Crippen molar-refractivity contribution in [1.82, 2.24) is 25.2 Å². The number of nitrogens with zero attached hydrogens (tertiary/aromatic N) is 3. The van der Waals surface area contributed by atoms with Crippen LogP contribution >= 0.6 is 0 Å². The fourth-order valence-corrected chi connectivity index (χ4v) is 3.96. The number of nitrogens with one attached hydrogen (secondary N) is 2. The largest absolute Gasteiger partial charge is 0.382 e. The van der Waals surface area contributed by atoms with Crippen molar-refractivity contribution in [2.24, 2.45) is 0 Å². The normalized spacial score (nSPS) is 15.0. The number of nitrogens with two attached hydrogens (primary N) is 1. The van der Waals surface area contributed by atoms with Crippen LogP contribution in [0.25, 0.3) is 11.0 Å². The zero-order valence-electron chi connectivity index (χ0n) is 17.7. The lowest BCUT2D eigenvalue weighted by Gasteiger charge is -2.22. The van der Waals surface area contributed by atoms with E-state index in [1.54, 1.807) is 0 Å². The molecule has 3 rings (SSSR count). The molecule has 0 aromatic carbocycles. The third kappa shape index (κ3) is 5.82. The highest BCUT2D eigenvalue weighted by molar-refractivity contribution is 5.85. The second kappa shape index (κ2) is 10.4. The van der Waals surface area contributed by atoms with E-state index in [4.69, 9.17) is 15.5 Å². The van der Waals surface area contributed by atoms with Gasteiger partial charge in [0.15, 0.2) is 5.82 Å². The van der Waals surface area contributed by atoms with Gasteiger partial charge in [-0.1, -0.05) is 26.2 Å². The van der Waals surface area contributed by atoms with Crippen LogP contribution in [-0.2, 0) is 17.7 Å². The Morgan fingerprint density at radius 1 is 1.28 bits per heavy atom. The molecule has 2 heterocycles. The lowest BCUT2D eigenvalue weighted by atomic mass is 9.96. The van der Waals surface area contributed by atoms with E-state index in [9.17, 15) is 4.79 Å². The number of pyridine rings is 1. The van der Waals surface area contributed by atoms with Crippen LogP contribution in [0.4, 0.5) is 10.6 Å². The zero-order chi connectivity index (χ0) is 20.6. The van der Waals surface area contributed by atoms with Gasteiger partial charge in [0.2, 0.25) is 0 Å². The number of aryl methyl sites for hydroxylation is 2. The van der Waals surface area contributed by atoms with Crippen molar-refractivity contribution >= 4 is 22.9 Å². The number of amides is 2. The van der Waals surface area contributed by atoms with Crippen molar-refractivity contribution in [3.8, 4) is 0 Å². The highest BCUT2D eigenvalue weighted by Crippen LogP contribution is 2.22. The Labute approximate surface area is 172 Å². The van der Waals surface area contributed by atoms with Gasteiger partial charge in [-0.15, -0.1) is 0 Å². The van der Waals surface area contributed by atoms with E-state index in [-0.39, 0.29) is 6.03 Å². The third-order valence-corrected chi connectivity index (χ3v) is 5.38. The van der Waals surface area contributed by atoms with Gasteiger partial charge in [0.05, 0.1) is 18.7 Å². The molecule has 0 atom stereocenters. The first-order valence-electron chi connectivity index (χ1n) is 10.8. The fraction of sp³-hybridized carbons (Fsp3) is 0.667. The summed E-state index contributed by atoms with van der Waals surface area (Å²) < 4.78 is 7.93. The van der Waals surface area contributed by atoms with Crippen LogP contribution in [0.15, 0.2) is 6.07 Å². The fourth-order valence-electron chi connectivity index (χ4n) is 3.96. The Morgan fingerprint density at radius 2 is 2.07 bits per heavy atom. The summed E-state index contributed by atoms with van der Waals surface area (Å²) in [5.74, 6) is 1.49. The zero-order valence-corrected chi connectivity index (χ0v) is 17.7. The first-order chi connectivity index (χ1) is 14.1. The summed E-state index contributed by atoms with van der Waals surface area (Å²) in [6.07, 6.45) is 7.76.